The fraction of sp³-hybridized carbons (Fsp3) is 0.474. The fourth-order valence-electron chi connectivity index (χ4n) is 3.38. The number of furan rings is 1. The quantitative estimate of drug-likeness (QED) is 0.899. The maximum atomic E-state index is 10.6. The number of β-amino-alcohol motifs (C(OH)–C–C–N with tert-alkyl or cyclic N) is 1. The Bertz CT molecular complexity index is 713. The van der Waals surface area contributed by atoms with Crippen LogP contribution in [0.2, 0.25) is 5.02 Å². The third-order valence-electron chi connectivity index (χ3n) is 4.52. The summed E-state index contributed by atoms with van der Waals surface area (Å²) in [5.41, 5.74) is 1.43. The van der Waals surface area contributed by atoms with Gasteiger partial charge in [0, 0.05) is 30.2 Å². The van der Waals surface area contributed by atoms with Crippen molar-refractivity contribution in [3.63, 3.8) is 0 Å². The van der Waals surface area contributed by atoms with Gasteiger partial charge in [-0.05, 0) is 51.2 Å². The van der Waals surface area contributed by atoms with E-state index in [0.29, 0.717) is 13.1 Å². The van der Waals surface area contributed by atoms with Gasteiger partial charge in [-0.3, -0.25) is 4.90 Å². The van der Waals surface area contributed by atoms with Crippen LogP contribution in [0.5, 0.6) is 0 Å². The number of aryl methyl sites for hydroxylation is 1. The second-order valence-electron chi connectivity index (χ2n) is 7.15. The lowest BCUT2D eigenvalue weighted by molar-refractivity contribution is 0.0235. The maximum absolute atomic E-state index is 10.6. The SMILES string of the molecule is Cc1ccc(-c2ccc(CN3CC[C@@](O)(CN(C)C)C3)o2)cc1Cl. The molecule has 0 radical (unpaired) electrons. The average molecular weight is 349 g/mol. The van der Waals surface area contributed by atoms with Gasteiger partial charge in [0.2, 0.25) is 0 Å². The first-order valence-electron chi connectivity index (χ1n) is 8.29. The first-order chi connectivity index (χ1) is 11.3. The molecule has 2 heterocycles. The third-order valence-corrected chi connectivity index (χ3v) is 4.93. The van der Waals surface area contributed by atoms with Crippen molar-refractivity contribution in [3.8, 4) is 11.3 Å². The molecular formula is C19H25ClN2O2. The zero-order chi connectivity index (χ0) is 17.3. The van der Waals surface area contributed by atoms with Crippen LogP contribution < -0.4 is 0 Å². The standard InChI is InChI=1S/C19H25ClN2O2/c1-14-4-5-15(10-17(14)20)18-7-6-16(24-18)11-22-9-8-19(23,13-22)12-21(2)3/h4-7,10,23H,8-9,11-13H2,1-3H3/t19-/m1/s1. The number of likely N-dealkylation sites (N-methyl/N-ethyl adjacent to an activating group) is 1. The third kappa shape index (κ3) is 4.01. The van der Waals surface area contributed by atoms with Crippen LogP contribution in [0.1, 0.15) is 17.7 Å². The molecule has 5 heteroatoms. The van der Waals surface area contributed by atoms with E-state index in [2.05, 4.69) is 4.90 Å². The molecule has 3 rings (SSSR count). The number of halogens is 1. The number of hydrogen-bond donors (Lipinski definition) is 1. The molecular weight excluding hydrogens is 324 g/mol. The Balaban J connectivity index is 1.65. The molecule has 1 aliphatic rings. The Morgan fingerprint density at radius 2 is 2.08 bits per heavy atom. The number of hydrogen-bond acceptors (Lipinski definition) is 4. The molecule has 0 spiro atoms. The summed E-state index contributed by atoms with van der Waals surface area (Å²) in [4.78, 5) is 4.28. The Kier molecular flexibility index (Phi) is 5.02. The normalized spacial score (nSPS) is 21.8. The molecule has 0 unspecified atom stereocenters. The summed E-state index contributed by atoms with van der Waals surface area (Å²) in [5, 5.41) is 11.4. The van der Waals surface area contributed by atoms with Gasteiger partial charge in [0.05, 0.1) is 12.1 Å². The van der Waals surface area contributed by atoms with Crippen LogP contribution >= 0.6 is 11.6 Å². The van der Waals surface area contributed by atoms with Crippen LogP contribution in [0.3, 0.4) is 0 Å². The summed E-state index contributed by atoms with van der Waals surface area (Å²) in [5.74, 6) is 1.74. The molecule has 0 bridgehead atoms. The highest BCUT2D eigenvalue weighted by Crippen LogP contribution is 2.29. The minimum atomic E-state index is -0.622. The van der Waals surface area contributed by atoms with Crippen molar-refractivity contribution < 1.29 is 9.52 Å². The zero-order valence-corrected chi connectivity index (χ0v) is 15.3. The minimum Gasteiger partial charge on any atom is -0.460 e. The van der Waals surface area contributed by atoms with Crippen molar-refractivity contribution >= 4 is 11.6 Å². The summed E-state index contributed by atoms with van der Waals surface area (Å²) in [6, 6.07) is 9.95. The molecule has 1 N–H and O–H groups in total. The van der Waals surface area contributed by atoms with Gasteiger partial charge < -0.3 is 14.4 Å². The Labute approximate surface area is 148 Å². The van der Waals surface area contributed by atoms with Crippen molar-refractivity contribution in [3.05, 3.63) is 46.7 Å². The molecule has 1 saturated heterocycles. The zero-order valence-electron chi connectivity index (χ0n) is 14.6. The molecule has 0 amide bonds. The Hall–Kier alpha value is -1.33. The number of benzene rings is 1. The fourth-order valence-corrected chi connectivity index (χ4v) is 3.56. The van der Waals surface area contributed by atoms with Crippen molar-refractivity contribution in [1.82, 2.24) is 9.80 Å². The van der Waals surface area contributed by atoms with Crippen LogP contribution in [0.15, 0.2) is 34.7 Å². The molecule has 0 saturated carbocycles. The van der Waals surface area contributed by atoms with E-state index in [9.17, 15) is 5.11 Å². The number of aliphatic hydroxyl groups is 1. The monoisotopic (exact) mass is 348 g/mol. The van der Waals surface area contributed by atoms with Gasteiger partial charge in [-0.2, -0.15) is 0 Å². The highest BCUT2D eigenvalue weighted by atomic mass is 35.5. The first kappa shape index (κ1) is 17.5. The van der Waals surface area contributed by atoms with Gasteiger partial charge in [0.15, 0.2) is 0 Å². The van der Waals surface area contributed by atoms with Crippen LogP contribution in [0, 0.1) is 6.92 Å². The van der Waals surface area contributed by atoms with Crippen LogP contribution in [0.25, 0.3) is 11.3 Å². The molecule has 0 aliphatic carbocycles. The number of nitrogens with zero attached hydrogens (tertiary/aromatic N) is 2. The molecule has 2 aromatic rings. The van der Waals surface area contributed by atoms with Crippen LogP contribution in [0.4, 0.5) is 0 Å². The lowest BCUT2D eigenvalue weighted by Gasteiger charge is -2.26. The van der Waals surface area contributed by atoms with E-state index in [1.165, 1.54) is 0 Å². The molecule has 1 fully saturated rings. The summed E-state index contributed by atoms with van der Waals surface area (Å²) in [7, 11) is 3.98. The van der Waals surface area contributed by atoms with Crippen molar-refractivity contribution in [2.75, 3.05) is 33.7 Å². The Morgan fingerprint density at radius 1 is 1.29 bits per heavy atom. The van der Waals surface area contributed by atoms with Gasteiger partial charge >= 0.3 is 0 Å². The van der Waals surface area contributed by atoms with E-state index in [0.717, 1.165) is 47.2 Å². The number of likely N-dealkylation sites (tertiary alicyclic amines) is 1. The molecule has 1 atom stereocenters. The first-order valence-corrected chi connectivity index (χ1v) is 8.67. The smallest absolute Gasteiger partial charge is 0.134 e. The lowest BCUT2D eigenvalue weighted by Crippen LogP contribution is -2.42. The molecule has 24 heavy (non-hydrogen) atoms. The van der Waals surface area contributed by atoms with Gasteiger partial charge in [0.25, 0.3) is 0 Å². The molecule has 1 aromatic heterocycles. The van der Waals surface area contributed by atoms with E-state index < -0.39 is 5.60 Å². The van der Waals surface area contributed by atoms with Gasteiger partial charge in [-0.25, -0.2) is 0 Å². The topological polar surface area (TPSA) is 39.9 Å². The van der Waals surface area contributed by atoms with E-state index >= 15 is 0 Å². The van der Waals surface area contributed by atoms with Crippen molar-refractivity contribution in [2.24, 2.45) is 0 Å². The highest BCUT2D eigenvalue weighted by Gasteiger charge is 2.36. The molecule has 1 aliphatic heterocycles. The van der Waals surface area contributed by atoms with E-state index in [4.69, 9.17) is 16.0 Å². The summed E-state index contributed by atoms with van der Waals surface area (Å²) in [6.45, 7) is 4.96. The predicted octanol–water partition coefficient (Wildman–Crippen LogP) is 3.41. The molecule has 1 aromatic carbocycles. The molecule has 4 nitrogen and oxygen atoms in total. The van der Waals surface area contributed by atoms with Gasteiger partial charge in [-0.15, -0.1) is 0 Å². The van der Waals surface area contributed by atoms with E-state index in [-0.39, 0.29) is 0 Å². The average Bonchev–Trinajstić information content (AvgIpc) is 3.09. The largest absolute Gasteiger partial charge is 0.460 e. The summed E-state index contributed by atoms with van der Waals surface area (Å²) >= 11 is 6.20. The molecule has 130 valence electrons. The lowest BCUT2D eigenvalue weighted by atomic mass is 10.0. The van der Waals surface area contributed by atoms with Crippen LogP contribution in [-0.4, -0.2) is 54.2 Å². The maximum Gasteiger partial charge on any atom is 0.134 e. The highest BCUT2D eigenvalue weighted by molar-refractivity contribution is 6.31. The van der Waals surface area contributed by atoms with E-state index in [1.54, 1.807) is 0 Å². The van der Waals surface area contributed by atoms with Crippen LogP contribution in [-0.2, 0) is 6.54 Å². The van der Waals surface area contributed by atoms with Gasteiger partial charge in [0.1, 0.15) is 11.5 Å². The minimum absolute atomic E-state index is 0.622. The second-order valence-corrected chi connectivity index (χ2v) is 7.56. The van der Waals surface area contributed by atoms with E-state index in [1.807, 2.05) is 56.3 Å². The summed E-state index contributed by atoms with van der Waals surface area (Å²) < 4.78 is 5.98. The van der Waals surface area contributed by atoms with Crippen molar-refractivity contribution in [2.45, 2.75) is 25.5 Å². The van der Waals surface area contributed by atoms with Gasteiger partial charge in [-0.1, -0.05) is 23.7 Å². The summed E-state index contributed by atoms with van der Waals surface area (Å²) in [6.07, 6.45) is 0.798. The predicted molar refractivity (Wildman–Crippen MR) is 97.3 cm³/mol. The second kappa shape index (κ2) is 6.89. The number of rotatable bonds is 5. The van der Waals surface area contributed by atoms with Crippen molar-refractivity contribution in [1.29, 1.82) is 0 Å². The Morgan fingerprint density at radius 3 is 2.79 bits per heavy atom.